The van der Waals surface area contributed by atoms with Crippen LogP contribution in [0.15, 0.2) is 76.9 Å². The van der Waals surface area contributed by atoms with Crippen molar-refractivity contribution in [2.24, 2.45) is 0 Å². The number of aromatic nitrogens is 3. The SMILES string of the molecule is O=C(c1cccs1)N(CCc1ccccc1)CCc1nc(-c2ccncc2)no1. The number of thiophene rings is 1. The second-order valence-electron chi connectivity index (χ2n) is 6.50. The summed E-state index contributed by atoms with van der Waals surface area (Å²) >= 11 is 1.46. The van der Waals surface area contributed by atoms with Crippen molar-refractivity contribution in [1.82, 2.24) is 20.0 Å². The molecule has 29 heavy (non-hydrogen) atoms. The third kappa shape index (κ3) is 4.94. The van der Waals surface area contributed by atoms with Crippen molar-refractivity contribution in [3.63, 3.8) is 0 Å². The minimum absolute atomic E-state index is 0.0322. The van der Waals surface area contributed by atoms with Crippen LogP contribution in [0, 0.1) is 0 Å². The van der Waals surface area contributed by atoms with Gasteiger partial charge in [0.15, 0.2) is 0 Å². The van der Waals surface area contributed by atoms with Crippen molar-refractivity contribution in [1.29, 1.82) is 0 Å². The highest BCUT2D eigenvalue weighted by Gasteiger charge is 2.18. The van der Waals surface area contributed by atoms with Crippen molar-refractivity contribution in [2.45, 2.75) is 12.8 Å². The van der Waals surface area contributed by atoms with E-state index in [1.807, 2.05) is 52.7 Å². The van der Waals surface area contributed by atoms with Gasteiger partial charge in [0.1, 0.15) is 0 Å². The van der Waals surface area contributed by atoms with Gasteiger partial charge in [0.2, 0.25) is 11.7 Å². The van der Waals surface area contributed by atoms with Crippen LogP contribution < -0.4 is 0 Å². The zero-order chi connectivity index (χ0) is 19.9. The third-order valence-corrected chi connectivity index (χ3v) is 5.39. The minimum atomic E-state index is 0.0322. The molecule has 0 saturated heterocycles. The number of nitrogens with zero attached hydrogens (tertiary/aromatic N) is 4. The molecule has 6 nitrogen and oxygen atoms in total. The maximum atomic E-state index is 12.9. The highest BCUT2D eigenvalue weighted by Crippen LogP contribution is 2.16. The Morgan fingerprint density at radius 2 is 1.76 bits per heavy atom. The number of carbonyl (C=O) groups excluding carboxylic acids is 1. The number of pyridine rings is 1. The van der Waals surface area contributed by atoms with Gasteiger partial charge < -0.3 is 9.42 Å². The van der Waals surface area contributed by atoms with Gasteiger partial charge in [0.05, 0.1) is 4.88 Å². The molecule has 0 aliphatic carbocycles. The molecule has 7 heteroatoms. The van der Waals surface area contributed by atoms with E-state index in [0.717, 1.165) is 16.9 Å². The fraction of sp³-hybridized carbons (Fsp3) is 0.182. The lowest BCUT2D eigenvalue weighted by Crippen LogP contribution is -2.34. The number of benzene rings is 1. The summed E-state index contributed by atoms with van der Waals surface area (Å²) in [6.07, 6.45) is 4.68. The van der Waals surface area contributed by atoms with Gasteiger partial charge in [-0.2, -0.15) is 4.98 Å². The number of carbonyl (C=O) groups is 1. The predicted molar refractivity (Wildman–Crippen MR) is 112 cm³/mol. The fourth-order valence-electron chi connectivity index (χ4n) is 2.98. The lowest BCUT2D eigenvalue weighted by molar-refractivity contribution is 0.0761. The van der Waals surface area contributed by atoms with E-state index in [0.29, 0.717) is 31.2 Å². The van der Waals surface area contributed by atoms with Crippen LogP contribution >= 0.6 is 11.3 Å². The van der Waals surface area contributed by atoms with E-state index >= 15 is 0 Å². The van der Waals surface area contributed by atoms with Gasteiger partial charge in [0.25, 0.3) is 5.91 Å². The molecule has 0 bridgehead atoms. The van der Waals surface area contributed by atoms with E-state index in [1.54, 1.807) is 12.4 Å². The van der Waals surface area contributed by atoms with E-state index in [2.05, 4.69) is 27.3 Å². The lowest BCUT2D eigenvalue weighted by Gasteiger charge is -2.21. The van der Waals surface area contributed by atoms with Crippen molar-refractivity contribution in [2.75, 3.05) is 13.1 Å². The zero-order valence-electron chi connectivity index (χ0n) is 15.8. The Hall–Kier alpha value is -3.32. The maximum absolute atomic E-state index is 12.9. The van der Waals surface area contributed by atoms with E-state index in [1.165, 1.54) is 16.9 Å². The van der Waals surface area contributed by atoms with Crippen LogP contribution in [0.3, 0.4) is 0 Å². The van der Waals surface area contributed by atoms with E-state index in [-0.39, 0.29) is 5.91 Å². The Bertz CT molecular complexity index is 1030. The smallest absolute Gasteiger partial charge is 0.263 e. The Kier molecular flexibility index (Phi) is 6.07. The molecule has 0 unspecified atom stereocenters. The molecular weight excluding hydrogens is 384 g/mol. The first kappa shape index (κ1) is 19.0. The highest BCUT2D eigenvalue weighted by atomic mass is 32.1. The van der Waals surface area contributed by atoms with E-state index in [9.17, 15) is 4.79 Å². The van der Waals surface area contributed by atoms with Gasteiger partial charge in [-0.1, -0.05) is 41.6 Å². The topological polar surface area (TPSA) is 72.1 Å². The summed E-state index contributed by atoms with van der Waals surface area (Å²) in [4.78, 5) is 24.0. The van der Waals surface area contributed by atoms with Gasteiger partial charge >= 0.3 is 0 Å². The Morgan fingerprint density at radius 3 is 2.52 bits per heavy atom. The quantitative estimate of drug-likeness (QED) is 0.442. The first-order chi connectivity index (χ1) is 14.3. The van der Waals surface area contributed by atoms with Crippen LogP contribution in [0.5, 0.6) is 0 Å². The first-order valence-corrected chi connectivity index (χ1v) is 10.3. The van der Waals surface area contributed by atoms with Crippen molar-refractivity contribution in [3.8, 4) is 11.4 Å². The molecule has 4 rings (SSSR count). The molecule has 0 N–H and O–H groups in total. The highest BCUT2D eigenvalue weighted by molar-refractivity contribution is 7.12. The summed E-state index contributed by atoms with van der Waals surface area (Å²) in [5, 5.41) is 5.96. The number of hydrogen-bond acceptors (Lipinski definition) is 6. The molecule has 146 valence electrons. The Morgan fingerprint density at radius 1 is 0.966 bits per heavy atom. The molecule has 0 saturated carbocycles. The minimum Gasteiger partial charge on any atom is -0.339 e. The lowest BCUT2D eigenvalue weighted by atomic mass is 10.1. The molecule has 3 aromatic heterocycles. The van der Waals surface area contributed by atoms with Gasteiger partial charge in [-0.25, -0.2) is 0 Å². The third-order valence-electron chi connectivity index (χ3n) is 4.53. The van der Waals surface area contributed by atoms with Gasteiger partial charge in [0, 0.05) is 37.5 Å². The monoisotopic (exact) mass is 404 g/mol. The molecule has 3 heterocycles. The molecule has 1 aromatic carbocycles. The second kappa shape index (κ2) is 9.25. The molecule has 1 amide bonds. The largest absolute Gasteiger partial charge is 0.339 e. The molecule has 0 radical (unpaired) electrons. The first-order valence-electron chi connectivity index (χ1n) is 9.39. The van der Waals surface area contributed by atoms with Gasteiger partial charge in [-0.3, -0.25) is 9.78 Å². The summed E-state index contributed by atoms with van der Waals surface area (Å²) < 4.78 is 5.39. The van der Waals surface area contributed by atoms with Gasteiger partial charge in [-0.15, -0.1) is 11.3 Å². The van der Waals surface area contributed by atoms with Crippen LogP contribution in [-0.2, 0) is 12.8 Å². The van der Waals surface area contributed by atoms with E-state index < -0.39 is 0 Å². The Balaban J connectivity index is 1.43. The molecule has 0 atom stereocenters. The van der Waals surface area contributed by atoms with Gasteiger partial charge in [-0.05, 0) is 35.6 Å². The maximum Gasteiger partial charge on any atom is 0.263 e. The van der Waals surface area contributed by atoms with Crippen molar-refractivity contribution in [3.05, 3.63) is 88.7 Å². The summed E-state index contributed by atoms with van der Waals surface area (Å²) in [7, 11) is 0. The zero-order valence-corrected chi connectivity index (χ0v) is 16.6. The summed E-state index contributed by atoms with van der Waals surface area (Å²) in [5.74, 6) is 1.08. The van der Waals surface area contributed by atoms with Crippen LogP contribution in [0.1, 0.15) is 21.1 Å². The van der Waals surface area contributed by atoms with Crippen molar-refractivity contribution >= 4 is 17.2 Å². The molecule has 0 fully saturated rings. The van der Waals surface area contributed by atoms with Crippen molar-refractivity contribution < 1.29 is 9.32 Å². The number of rotatable bonds is 8. The average molecular weight is 404 g/mol. The fourth-order valence-corrected chi connectivity index (χ4v) is 3.68. The summed E-state index contributed by atoms with van der Waals surface area (Å²) in [6.45, 7) is 1.15. The summed E-state index contributed by atoms with van der Waals surface area (Å²) in [5.41, 5.74) is 2.06. The molecule has 0 aliphatic rings. The summed E-state index contributed by atoms with van der Waals surface area (Å²) in [6, 6.07) is 17.6. The molecule has 4 aromatic rings. The number of amides is 1. The standard InChI is InChI=1S/C22H20N4O2S/c27-22(19-7-4-16-29-19)26(14-10-17-5-2-1-3-6-17)15-11-20-24-21(25-28-20)18-8-12-23-13-9-18/h1-9,12-13,16H,10-11,14-15H2. The average Bonchev–Trinajstić information content (AvgIpc) is 3.47. The van der Waals surface area contributed by atoms with Crippen LogP contribution in [0.2, 0.25) is 0 Å². The normalized spacial score (nSPS) is 10.8. The second-order valence-corrected chi connectivity index (χ2v) is 7.45. The molecular formula is C22H20N4O2S. The predicted octanol–water partition coefficient (Wildman–Crippen LogP) is 4.12. The molecule has 0 aliphatic heterocycles. The van der Waals surface area contributed by atoms with Crippen LogP contribution in [-0.4, -0.2) is 39.0 Å². The Labute approximate surface area is 172 Å². The van der Waals surface area contributed by atoms with Crippen LogP contribution in [0.4, 0.5) is 0 Å². The molecule has 0 spiro atoms. The van der Waals surface area contributed by atoms with Crippen LogP contribution in [0.25, 0.3) is 11.4 Å². The van der Waals surface area contributed by atoms with E-state index in [4.69, 9.17) is 4.52 Å². The number of hydrogen-bond donors (Lipinski definition) is 0.